The predicted octanol–water partition coefficient (Wildman–Crippen LogP) is 4.64. The first-order chi connectivity index (χ1) is 19.7. The number of hydrogen-bond donors (Lipinski definition) is 2. The second-order valence-corrected chi connectivity index (χ2v) is 9.84. The van der Waals surface area contributed by atoms with Gasteiger partial charge in [0.15, 0.2) is 11.5 Å². The van der Waals surface area contributed by atoms with Gasteiger partial charge < -0.3 is 23.9 Å². The van der Waals surface area contributed by atoms with Crippen molar-refractivity contribution in [2.24, 2.45) is 0 Å². The quantitative estimate of drug-likeness (QED) is 0.184. The Hall–Kier alpha value is -4.58. The number of nitrogens with one attached hydrogen (secondary N) is 1. The molecule has 0 saturated heterocycles. The molecule has 2 aromatic heterocycles. The minimum atomic E-state index is -1.42. The second-order valence-electron chi connectivity index (χ2n) is 9.84. The van der Waals surface area contributed by atoms with E-state index in [4.69, 9.17) is 9.47 Å². The standard InChI is InChI=1S/C29H34N6O6/c1-5-7-12-23-30-24(27(36)40-18-41-28(37)39-6-2)25(29(3,4)38)35(23)17-19-13-15-20(16-14-19)21-10-8-9-11-22(21)26-31-33-34-32-26/h8-11,13-16,38H,5-7,12,17-18H2,1-4H3,(H,31,32,33,34). The lowest BCUT2D eigenvalue weighted by Crippen LogP contribution is -2.26. The Morgan fingerprint density at radius 1 is 1.00 bits per heavy atom. The summed E-state index contributed by atoms with van der Waals surface area (Å²) in [5.74, 6) is 0.414. The zero-order chi connectivity index (χ0) is 29.4. The number of tetrazole rings is 1. The summed E-state index contributed by atoms with van der Waals surface area (Å²) >= 11 is 0. The molecule has 0 spiro atoms. The molecule has 0 fully saturated rings. The Labute approximate surface area is 237 Å². The zero-order valence-electron chi connectivity index (χ0n) is 23.6. The number of unbranched alkanes of at least 4 members (excludes halogenated alkanes) is 1. The summed E-state index contributed by atoms with van der Waals surface area (Å²) in [4.78, 5) is 29.1. The van der Waals surface area contributed by atoms with E-state index >= 15 is 0 Å². The lowest BCUT2D eigenvalue weighted by atomic mass is 9.98. The molecule has 0 aliphatic rings. The highest BCUT2D eigenvalue weighted by atomic mass is 16.8. The van der Waals surface area contributed by atoms with Gasteiger partial charge >= 0.3 is 12.1 Å². The lowest BCUT2D eigenvalue weighted by Gasteiger charge is -2.22. The van der Waals surface area contributed by atoms with Crippen molar-refractivity contribution in [3.8, 4) is 22.5 Å². The minimum Gasteiger partial charge on any atom is -0.435 e. The van der Waals surface area contributed by atoms with Gasteiger partial charge in [-0.25, -0.2) is 19.7 Å². The molecule has 0 amide bonds. The Bertz CT molecular complexity index is 1460. The molecule has 0 radical (unpaired) electrons. The van der Waals surface area contributed by atoms with Crippen LogP contribution in [0.2, 0.25) is 0 Å². The van der Waals surface area contributed by atoms with Crippen LogP contribution in [0.1, 0.15) is 68.1 Å². The SMILES string of the molecule is CCCCc1nc(C(=O)OCOC(=O)OCC)c(C(C)(C)O)n1Cc1ccc(-c2ccccc2-c2nnn[nH]2)cc1. The van der Waals surface area contributed by atoms with Crippen LogP contribution in [-0.4, -0.2) is 60.8 Å². The molecule has 0 atom stereocenters. The average molecular weight is 563 g/mol. The van der Waals surface area contributed by atoms with Gasteiger partial charge in [0.25, 0.3) is 0 Å². The van der Waals surface area contributed by atoms with Gasteiger partial charge in [0.2, 0.25) is 6.79 Å². The first-order valence-electron chi connectivity index (χ1n) is 13.4. The van der Waals surface area contributed by atoms with Gasteiger partial charge in [0.05, 0.1) is 12.3 Å². The molecule has 12 heteroatoms. The number of aromatic nitrogens is 6. The van der Waals surface area contributed by atoms with Crippen LogP contribution in [0, 0.1) is 0 Å². The van der Waals surface area contributed by atoms with E-state index in [1.165, 1.54) is 0 Å². The number of nitrogens with zero attached hydrogens (tertiary/aromatic N) is 5. The maximum Gasteiger partial charge on any atom is 0.511 e. The van der Waals surface area contributed by atoms with Crippen molar-refractivity contribution in [1.82, 2.24) is 30.2 Å². The molecular formula is C29H34N6O6. The van der Waals surface area contributed by atoms with E-state index in [0.717, 1.165) is 35.1 Å². The molecule has 4 rings (SSSR count). The van der Waals surface area contributed by atoms with Crippen molar-refractivity contribution in [2.75, 3.05) is 13.4 Å². The monoisotopic (exact) mass is 562 g/mol. The largest absolute Gasteiger partial charge is 0.511 e. The van der Waals surface area contributed by atoms with E-state index in [1.54, 1.807) is 20.8 Å². The maximum absolute atomic E-state index is 13.0. The van der Waals surface area contributed by atoms with Gasteiger partial charge in [-0.2, -0.15) is 0 Å². The van der Waals surface area contributed by atoms with Gasteiger partial charge in [-0.3, -0.25) is 0 Å². The van der Waals surface area contributed by atoms with E-state index in [0.29, 0.717) is 30.3 Å². The molecule has 2 heterocycles. The van der Waals surface area contributed by atoms with Crippen molar-refractivity contribution in [3.63, 3.8) is 0 Å². The summed E-state index contributed by atoms with van der Waals surface area (Å²) in [5.41, 5.74) is 2.64. The summed E-state index contributed by atoms with van der Waals surface area (Å²) in [5, 5.41) is 25.4. The molecular weight excluding hydrogens is 528 g/mol. The number of imidazole rings is 1. The van der Waals surface area contributed by atoms with E-state index in [2.05, 4.69) is 37.3 Å². The van der Waals surface area contributed by atoms with Crippen LogP contribution < -0.4 is 0 Å². The second kappa shape index (κ2) is 13.2. The number of carbonyl (C=O) groups excluding carboxylic acids is 2. The van der Waals surface area contributed by atoms with E-state index < -0.39 is 24.5 Å². The van der Waals surface area contributed by atoms with Crippen molar-refractivity contribution < 1.29 is 28.9 Å². The number of hydrogen-bond acceptors (Lipinski definition) is 10. The van der Waals surface area contributed by atoms with E-state index in [9.17, 15) is 14.7 Å². The number of benzene rings is 2. The fourth-order valence-corrected chi connectivity index (χ4v) is 4.50. The van der Waals surface area contributed by atoms with Crippen molar-refractivity contribution in [1.29, 1.82) is 0 Å². The highest BCUT2D eigenvalue weighted by Crippen LogP contribution is 2.31. The third-order valence-corrected chi connectivity index (χ3v) is 6.34. The minimum absolute atomic E-state index is 0.0257. The smallest absolute Gasteiger partial charge is 0.435 e. The van der Waals surface area contributed by atoms with Crippen molar-refractivity contribution >= 4 is 12.1 Å². The molecule has 216 valence electrons. The number of carbonyl (C=O) groups is 2. The van der Waals surface area contributed by atoms with Gasteiger partial charge in [0.1, 0.15) is 11.4 Å². The number of esters is 1. The molecule has 0 aliphatic carbocycles. The molecule has 4 aromatic rings. The van der Waals surface area contributed by atoms with Gasteiger partial charge in [-0.1, -0.05) is 61.9 Å². The number of aliphatic hydroxyl groups is 1. The molecule has 0 saturated carbocycles. The first kappa shape index (κ1) is 29.4. The number of rotatable bonds is 12. The van der Waals surface area contributed by atoms with Gasteiger partial charge in [-0.05, 0) is 54.3 Å². The number of aromatic amines is 1. The third-order valence-electron chi connectivity index (χ3n) is 6.34. The van der Waals surface area contributed by atoms with Gasteiger partial charge in [-0.15, -0.1) is 5.10 Å². The molecule has 0 bridgehead atoms. The van der Waals surface area contributed by atoms with Crippen LogP contribution in [0.25, 0.3) is 22.5 Å². The fraction of sp³-hybridized carbons (Fsp3) is 0.379. The fourth-order valence-electron chi connectivity index (χ4n) is 4.50. The van der Waals surface area contributed by atoms with Gasteiger partial charge in [0, 0.05) is 18.5 Å². The Morgan fingerprint density at radius 3 is 2.37 bits per heavy atom. The Balaban J connectivity index is 1.63. The van der Waals surface area contributed by atoms with Crippen LogP contribution in [0.4, 0.5) is 4.79 Å². The van der Waals surface area contributed by atoms with E-state index in [1.807, 2.05) is 53.1 Å². The topological polar surface area (TPSA) is 154 Å². The van der Waals surface area contributed by atoms with Crippen molar-refractivity contribution in [2.45, 2.75) is 59.1 Å². The summed E-state index contributed by atoms with van der Waals surface area (Å²) in [7, 11) is 0. The molecule has 12 nitrogen and oxygen atoms in total. The van der Waals surface area contributed by atoms with Crippen molar-refractivity contribution in [3.05, 3.63) is 71.3 Å². The lowest BCUT2D eigenvalue weighted by molar-refractivity contribution is -0.0272. The molecule has 2 aromatic carbocycles. The molecule has 0 unspecified atom stereocenters. The molecule has 0 aliphatic heterocycles. The summed E-state index contributed by atoms with van der Waals surface area (Å²) in [6.07, 6.45) is 1.42. The maximum atomic E-state index is 13.0. The summed E-state index contributed by atoms with van der Waals surface area (Å²) in [6.45, 7) is 6.75. The molecule has 2 N–H and O–H groups in total. The zero-order valence-corrected chi connectivity index (χ0v) is 23.6. The van der Waals surface area contributed by atoms with Crippen LogP contribution >= 0.6 is 0 Å². The van der Waals surface area contributed by atoms with Crippen LogP contribution in [-0.2, 0) is 32.8 Å². The normalized spacial score (nSPS) is 11.3. The molecule has 41 heavy (non-hydrogen) atoms. The van der Waals surface area contributed by atoms with Crippen LogP contribution in [0.15, 0.2) is 48.5 Å². The Kier molecular flexibility index (Phi) is 9.45. The number of ether oxygens (including phenoxy) is 3. The van der Waals surface area contributed by atoms with E-state index in [-0.39, 0.29) is 12.3 Å². The Morgan fingerprint density at radius 2 is 1.73 bits per heavy atom. The highest BCUT2D eigenvalue weighted by molar-refractivity contribution is 5.89. The third kappa shape index (κ3) is 7.14. The highest BCUT2D eigenvalue weighted by Gasteiger charge is 2.33. The van der Waals surface area contributed by atoms with Crippen LogP contribution in [0.5, 0.6) is 0 Å². The average Bonchev–Trinajstić information content (AvgIpc) is 3.61. The number of H-pyrrole nitrogens is 1. The summed E-state index contributed by atoms with van der Waals surface area (Å²) < 4.78 is 16.5. The number of aryl methyl sites for hydroxylation is 1. The predicted molar refractivity (Wildman–Crippen MR) is 149 cm³/mol. The first-order valence-corrected chi connectivity index (χ1v) is 13.4. The summed E-state index contributed by atoms with van der Waals surface area (Å²) in [6, 6.07) is 15.8. The van der Waals surface area contributed by atoms with Crippen LogP contribution in [0.3, 0.4) is 0 Å².